The molecular formula is C17H30N2S. The van der Waals surface area contributed by atoms with E-state index in [1.807, 2.05) is 11.3 Å². The fraction of sp³-hybridized carbons (Fsp3) is 0.765. The molecule has 2 N–H and O–H groups in total. The largest absolute Gasteiger partial charge is 0.314 e. The lowest BCUT2D eigenvalue weighted by atomic mass is 10.0. The van der Waals surface area contributed by atoms with E-state index in [9.17, 15) is 0 Å². The maximum atomic E-state index is 3.77. The molecule has 0 spiro atoms. The van der Waals surface area contributed by atoms with E-state index in [4.69, 9.17) is 0 Å². The van der Waals surface area contributed by atoms with Crippen molar-refractivity contribution in [3.8, 4) is 0 Å². The van der Waals surface area contributed by atoms with Crippen molar-refractivity contribution in [1.29, 1.82) is 0 Å². The molecular weight excluding hydrogens is 264 g/mol. The Balaban J connectivity index is 1.71. The molecule has 3 heteroatoms. The first-order valence-electron chi connectivity index (χ1n) is 8.18. The van der Waals surface area contributed by atoms with Crippen molar-refractivity contribution in [3.05, 3.63) is 21.9 Å². The van der Waals surface area contributed by atoms with Crippen LogP contribution in [0.4, 0.5) is 0 Å². The van der Waals surface area contributed by atoms with E-state index in [1.54, 1.807) is 0 Å². The van der Waals surface area contributed by atoms with Crippen LogP contribution in [0.3, 0.4) is 0 Å². The van der Waals surface area contributed by atoms with Gasteiger partial charge in [0, 0.05) is 27.9 Å². The molecule has 0 aliphatic carbocycles. The maximum Gasteiger partial charge on any atom is 0.00895 e. The van der Waals surface area contributed by atoms with Crippen molar-refractivity contribution in [2.75, 3.05) is 6.54 Å². The fourth-order valence-electron chi connectivity index (χ4n) is 3.24. The Labute approximate surface area is 128 Å². The molecule has 3 unspecified atom stereocenters. The molecule has 1 aromatic heterocycles. The van der Waals surface area contributed by atoms with Crippen LogP contribution in [0.25, 0.3) is 0 Å². The van der Waals surface area contributed by atoms with Crippen molar-refractivity contribution in [1.82, 2.24) is 10.6 Å². The first kappa shape index (κ1) is 16.0. The lowest BCUT2D eigenvalue weighted by molar-refractivity contribution is 0.377. The summed E-state index contributed by atoms with van der Waals surface area (Å²) in [4.78, 5) is 2.92. The van der Waals surface area contributed by atoms with Crippen LogP contribution in [0.1, 0.15) is 55.7 Å². The molecule has 2 heterocycles. The van der Waals surface area contributed by atoms with Crippen molar-refractivity contribution >= 4 is 11.3 Å². The molecule has 0 amide bonds. The second-order valence-corrected chi connectivity index (χ2v) is 7.79. The second-order valence-electron chi connectivity index (χ2n) is 6.42. The minimum atomic E-state index is 0.564. The summed E-state index contributed by atoms with van der Waals surface area (Å²) in [5.41, 5.74) is 0. The summed E-state index contributed by atoms with van der Waals surface area (Å²) < 4.78 is 0. The van der Waals surface area contributed by atoms with E-state index in [1.165, 1.54) is 48.4 Å². The van der Waals surface area contributed by atoms with Gasteiger partial charge in [-0.15, -0.1) is 11.3 Å². The molecule has 1 fully saturated rings. The molecule has 20 heavy (non-hydrogen) atoms. The zero-order chi connectivity index (χ0) is 14.4. The Bertz CT molecular complexity index is 380. The molecule has 1 aliphatic heterocycles. The minimum absolute atomic E-state index is 0.564. The van der Waals surface area contributed by atoms with Crippen LogP contribution in [-0.2, 0) is 6.42 Å². The van der Waals surface area contributed by atoms with Gasteiger partial charge in [-0.05, 0) is 65.1 Å². The van der Waals surface area contributed by atoms with Gasteiger partial charge in [-0.25, -0.2) is 0 Å². The van der Waals surface area contributed by atoms with Crippen LogP contribution in [0.2, 0.25) is 0 Å². The van der Waals surface area contributed by atoms with Crippen LogP contribution < -0.4 is 10.6 Å². The third kappa shape index (κ3) is 5.55. The Kier molecular flexibility index (Phi) is 6.53. The summed E-state index contributed by atoms with van der Waals surface area (Å²) >= 11 is 1.93. The van der Waals surface area contributed by atoms with Crippen LogP contribution >= 0.6 is 11.3 Å². The Hall–Kier alpha value is -0.380. The summed E-state index contributed by atoms with van der Waals surface area (Å²) in [6.45, 7) is 8.04. The highest BCUT2D eigenvalue weighted by Crippen LogP contribution is 2.17. The van der Waals surface area contributed by atoms with Crippen molar-refractivity contribution in [3.63, 3.8) is 0 Å². The van der Waals surface area contributed by atoms with Crippen molar-refractivity contribution in [2.24, 2.45) is 0 Å². The predicted molar refractivity (Wildman–Crippen MR) is 89.7 cm³/mol. The Morgan fingerprint density at radius 3 is 2.85 bits per heavy atom. The quantitative estimate of drug-likeness (QED) is 0.832. The lowest BCUT2D eigenvalue weighted by Crippen LogP contribution is -2.41. The molecule has 0 saturated carbocycles. The highest BCUT2D eigenvalue weighted by molar-refractivity contribution is 7.11. The van der Waals surface area contributed by atoms with Crippen molar-refractivity contribution < 1.29 is 0 Å². The van der Waals surface area contributed by atoms with E-state index in [-0.39, 0.29) is 0 Å². The Morgan fingerprint density at radius 1 is 1.25 bits per heavy atom. The first-order chi connectivity index (χ1) is 9.63. The molecule has 2 nitrogen and oxygen atoms in total. The van der Waals surface area contributed by atoms with E-state index >= 15 is 0 Å². The molecule has 0 bridgehead atoms. The van der Waals surface area contributed by atoms with E-state index in [2.05, 4.69) is 43.5 Å². The monoisotopic (exact) mass is 294 g/mol. The highest BCUT2D eigenvalue weighted by Gasteiger charge is 2.16. The van der Waals surface area contributed by atoms with E-state index in [0.717, 1.165) is 12.5 Å². The number of nitrogens with one attached hydrogen (secondary N) is 2. The summed E-state index contributed by atoms with van der Waals surface area (Å²) in [5, 5.41) is 7.47. The first-order valence-corrected chi connectivity index (χ1v) is 9.00. The zero-order valence-corrected chi connectivity index (χ0v) is 14.1. The molecule has 1 saturated heterocycles. The van der Waals surface area contributed by atoms with Gasteiger partial charge in [-0.1, -0.05) is 12.8 Å². The molecule has 0 radical (unpaired) electrons. The summed E-state index contributed by atoms with van der Waals surface area (Å²) in [5.74, 6) is 0. The van der Waals surface area contributed by atoms with Crippen LogP contribution in [-0.4, -0.2) is 24.7 Å². The molecule has 2 rings (SSSR count). The number of thiophene rings is 1. The third-order valence-corrected chi connectivity index (χ3v) is 5.20. The molecule has 1 aliphatic rings. The molecule has 0 aromatic carbocycles. The number of hydrogen-bond donors (Lipinski definition) is 2. The molecule has 3 atom stereocenters. The second kappa shape index (κ2) is 8.16. The van der Waals surface area contributed by atoms with E-state index < -0.39 is 0 Å². The summed E-state index contributed by atoms with van der Waals surface area (Å²) in [6.07, 6.45) is 7.92. The van der Waals surface area contributed by atoms with Gasteiger partial charge in [0.2, 0.25) is 0 Å². The summed E-state index contributed by atoms with van der Waals surface area (Å²) in [7, 11) is 0. The van der Waals surface area contributed by atoms with Gasteiger partial charge in [0.25, 0.3) is 0 Å². The Morgan fingerprint density at radius 2 is 2.10 bits per heavy atom. The van der Waals surface area contributed by atoms with Gasteiger partial charge in [-0.3, -0.25) is 0 Å². The van der Waals surface area contributed by atoms with Crippen molar-refractivity contribution in [2.45, 2.75) is 77.4 Å². The number of aryl methyl sites for hydroxylation is 1. The topological polar surface area (TPSA) is 24.1 Å². The van der Waals surface area contributed by atoms with Gasteiger partial charge < -0.3 is 10.6 Å². The standard InChI is InChI=1S/C17H30N2S/c1-13(11-16-7-5-4-6-10-18-16)19-14(2)12-17-9-8-15(3)20-17/h8-9,13-14,16,18-19H,4-7,10-12H2,1-3H3. The fourth-order valence-corrected chi connectivity index (χ4v) is 4.26. The average Bonchev–Trinajstić information content (AvgIpc) is 2.63. The van der Waals surface area contributed by atoms with Gasteiger partial charge in [0.15, 0.2) is 0 Å². The number of rotatable bonds is 6. The predicted octanol–water partition coefficient (Wildman–Crippen LogP) is 3.89. The van der Waals surface area contributed by atoms with Gasteiger partial charge >= 0.3 is 0 Å². The molecule has 114 valence electrons. The summed E-state index contributed by atoms with van der Waals surface area (Å²) in [6, 6.07) is 6.38. The smallest absolute Gasteiger partial charge is 0.00895 e. The van der Waals surface area contributed by atoms with Crippen LogP contribution in [0.5, 0.6) is 0 Å². The molecule has 1 aromatic rings. The SMILES string of the molecule is Cc1ccc(CC(C)NC(C)CC2CCCCCN2)s1. The lowest BCUT2D eigenvalue weighted by Gasteiger charge is -2.24. The van der Waals surface area contributed by atoms with E-state index in [0.29, 0.717) is 12.1 Å². The van der Waals surface area contributed by atoms with Crippen LogP contribution in [0, 0.1) is 6.92 Å². The minimum Gasteiger partial charge on any atom is -0.314 e. The zero-order valence-electron chi connectivity index (χ0n) is 13.2. The normalized spacial score (nSPS) is 23.2. The highest BCUT2D eigenvalue weighted by atomic mass is 32.1. The average molecular weight is 295 g/mol. The van der Waals surface area contributed by atoms with Gasteiger partial charge in [0.05, 0.1) is 0 Å². The third-order valence-electron chi connectivity index (χ3n) is 4.17. The maximum absolute atomic E-state index is 3.77. The number of hydrogen-bond acceptors (Lipinski definition) is 3. The van der Waals surface area contributed by atoms with Gasteiger partial charge in [-0.2, -0.15) is 0 Å². The van der Waals surface area contributed by atoms with Gasteiger partial charge in [0.1, 0.15) is 0 Å². The van der Waals surface area contributed by atoms with Crippen LogP contribution in [0.15, 0.2) is 12.1 Å².